The molecule has 0 aliphatic carbocycles. The van der Waals surface area contributed by atoms with Crippen molar-refractivity contribution in [1.29, 1.82) is 0 Å². The highest BCUT2D eigenvalue weighted by Gasteiger charge is 2.22. The second kappa shape index (κ2) is 7.46. The van der Waals surface area contributed by atoms with Gasteiger partial charge in [0.15, 0.2) is 0 Å². The van der Waals surface area contributed by atoms with E-state index in [2.05, 4.69) is 49.6 Å². The van der Waals surface area contributed by atoms with Crippen molar-refractivity contribution in [2.45, 2.75) is 46.1 Å². The minimum absolute atomic E-state index is 0.0422. The van der Waals surface area contributed by atoms with Crippen LogP contribution in [0.2, 0.25) is 0 Å². The van der Waals surface area contributed by atoms with Gasteiger partial charge in [-0.05, 0) is 25.3 Å². The maximum Gasteiger partial charge on any atom is 0.315 e. The fraction of sp³-hybridized carbons (Fsp3) is 0.588. The Morgan fingerprint density at radius 3 is 2.57 bits per heavy atom. The molecule has 1 rings (SSSR count). The SMILES string of the molecule is Cc1cccc(C(C)(C)CNC(=O)NC(C)C(C)CO)c1. The van der Waals surface area contributed by atoms with E-state index in [1.165, 1.54) is 11.1 Å². The first kappa shape index (κ1) is 17.5. The van der Waals surface area contributed by atoms with Gasteiger partial charge in [0.05, 0.1) is 0 Å². The quantitative estimate of drug-likeness (QED) is 0.754. The molecule has 1 aromatic carbocycles. The lowest BCUT2D eigenvalue weighted by Crippen LogP contribution is -2.47. The summed E-state index contributed by atoms with van der Waals surface area (Å²) in [6, 6.07) is 8.09. The molecule has 0 aromatic heterocycles. The van der Waals surface area contributed by atoms with Crippen molar-refractivity contribution in [1.82, 2.24) is 10.6 Å². The summed E-state index contributed by atoms with van der Waals surface area (Å²) in [5, 5.41) is 14.9. The number of aliphatic hydroxyl groups excluding tert-OH is 1. The van der Waals surface area contributed by atoms with E-state index < -0.39 is 0 Å². The lowest BCUT2D eigenvalue weighted by atomic mass is 9.84. The third-order valence-corrected chi connectivity index (χ3v) is 3.99. The molecule has 1 aromatic rings. The predicted molar refractivity (Wildman–Crippen MR) is 86.5 cm³/mol. The molecule has 0 aliphatic heterocycles. The first-order chi connectivity index (χ1) is 9.76. The maximum absolute atomic E-state index is 11.9. The van der Waals surface area contributed by atoms with E-state index in [1.54, 1.807) is 0 Å². The highest BCUT2D eigenvalue weighted by atomic mass is 16.3. The zero-order chi connectivity index (χ0) is 16.0. The predicted octanol–water partition coefficient (Wildman–Crippen LogP) is 2.59. The Labute approximate surface area is 128 Å². The Morgan fingerprint density at radius 1 is 1.33 bits per heavy atom. The number of hydrogen-bond donors (Lipinski definition) is 3. The van der Waals surface area contributed by atoms with Crippen molar-refractivity contribution in [3.63, 3.8) is 0 Å². The molecule has 4 nitrogen and oxygen atoms in total. The number of amides is 2. The number of rotatable bonds is 6. The third kappa shape index (κ3) is 5.38. The Balaban J connectivity index is 2.55. The van der Waals surface area contributed by atoms with Gasteiger partial charge in [-0.3, -0.25) is 0 Å². The van der Waals surface area contributed by atoms with Crippen LogP contribution in [0.25, 0.3) is 0 Å². The van der Waals surface area contributed by atoms with Crippen molar-refractivity contribution < 1.29 is 9.90 Å². The van der Waals surface area contributed by atoms with E-state index >= 15 is 0 Å². The van der Waals surface area contributed by atoms with Gasteiger partial charge in [-0.25, -0.2) is 4.79 Å². The number of carbonyl (C=O) groups excluding carboxylic acids is 1. The van der Waals surface area contributed by atoms with E-state index in [0.717, 1.165) is 0 Å². The van der Waals surface area contributed by atoms with Gasteiger partial charge in [-0.2, -0.15) is 0 Å². The summed E-state index contributed by atoms with van der Waals surface area (Å²) in [6.45, 7) is 10.7. The molecule has 4 heteroatoms. The first-order valence-electron chi connectivity index (χ1n) is 7.48. The fourth-order valence-electron chi connectivity index (χ4n) is 2.03. The highest BCUT2D eigenvalue weighted by Crippen LogP contribution is 2.22. The molecule has 2 unspecified atom stereocenters. The van der Waals surface area contributed by atoms with Crippen LogP contribution in [0.3, 0.4) is 0 Å². The first-order valence-corrected chi connectivity index (χ1v) is 7.48. The average Bonchev–Trinajstić information content (AvgIpc) is 2.44. The molecule has 118 valence electrons. The topological polar surface area (TPSA) is 61.4 Å². The summed E-state index contributed by atoms with van der Waals surface area (Å²) in [5.41, 5.74) is 2.30. The summed E-state index contributed by atoms with van der Waals surface area (Å²) in [7, 11) is 0. The standard InChI is InChI=1S/C17H28N2O2/c1-12-7-6-8-15(9-12)17(4,5)11-18-16(21)19-14(3)13(2)10-20/h6-9,13-14,20H,10-11H2,1-5H3,(H2,18,19,21). The van der Waals surface area contributed by atoms with E-state index in [-0.39, 0.29) is 30.0 Å². The Kier molecular flexibility index (Phi) is 6.21. The van der Waals surface area contributed by atoms with Crippen molar-refractivity contribution in [2.75, 3.05) is 13.2 Å². The second-order valence-corrected chi connectivity index (χ2v) is 6.53. The Hall–Kier alpha value is -1.55. The van der Waals surface area contributed by atoms with Crippen LogP contribution in [-0.4, -0.2) is 30.3 Å². The largest absolute Gasteiger partial charge is 0.396 e. The summed E-state index contributed by atoms with van der Waals surface area (Å²) >= 11 is 0. The second-order valence-electron chi connectivity index (χ2n) is 6.53. The number of hydrogen-bond acceptors (Lipinski definition) is 2. The Morgan fingerprint density at radius 2 is 2.00 bits per heavy atom. The van der Waals surface area contributed by atoms with Gasteiger partial charge in [0, 0.05) is 24.6 Å². The van der Waals surface area contributed by atoms with Gasteiger partial charge < -0.3 is 15.7 Å². The van der Waals surface area contributed by atoms with Crippen LogP contribution < -0.4 is 10.6 Å². The van der Waals surface area contributed by atoms with Crippen LogP contribution in [0, 0.1) is 12.8 Å². The van der Waals surface area contributed by atoms with E-state index in [1.807, 2.05) is 19.9 Å². The summed E-state index contributed by atoms with van der Waals surface area (Å²) in [6.07, 6.45) is 0. The van der Waals surface area contributed by atoms with E-state index in [4.69, 9.17) is 5.11 Å². The van der Waals surface area contributed by atoms with Gasteiger partial charge in [-0.15, -0.1) is 0 Å². The van der Waals surface area contributed by atoms with Gasteiger partial charge in [-0.1, -0.05) is 50.6 Å². The molecule has 0 spiro atoms. The van der Waals surface area contributed by atoms with Crippen LogP contribution in [-0.2, 0) is 5.41 Å². The molecular formula is C17H28N2O2. The van der Waals surface area contributed by atoms with Crippen LogP contribution >= 0.6 is 0 Å². The zero-order valence-electron chi connectivity index (χ0n) is 13.7. The number of aliphatic hydroxyl groups is 1. The van der Waals surface area contributed by atoms with E-state index in [9.17, 15) is 4.79 Å². The third-order valence-electron chi connectivity index (χ3n) is 3.99. The number of nitrogens with one attached hydrogen (secondary N) is 2. The summed E-state index contributed by atoms with van der Waals surface area (Å²) < 4.78 is 0. The molecule has 0 aliphatic rings. The van der Waals surface area contributed by atoms with Crippen molar-refractivity contribution >= 4 is 6.03 Å². The molecule has 0 radical (unpaired) electrons. The van der Waals surface area contributed by atoms with E-state index in [0.29, 0.717) is 6.54 Å². The van der Waals surface area contributed by atoms with Crippen molar-refractivity contribution in [3.8, 4) is 0 Å². The number of carbonyl (C=O) groups is 1. The van der Waals surface area contributed by atoms with Gasteiger partial charge in [0.1, 0.15) is 0 Å². The van der Waals surface area contributed by atoms with Crippen LogP contribution in [0.4, 0.5) is 4.79 Å². The smallest absolute Gasteiger partial charge is 0.315 e. The molecule has 0 saturated carbocycles. The van der Waals surface area contributed by atoms with Crippen molar-refractivity contribution in [2.24, 2.45) is 5.92 Å². The van der Waals surface area contributed by atoms with Crippen LogP contribution in [0.1, 0.15) is 38.8 Å². The van der Waals surface area contributed by atoms with Gasteiger partial charge in [0.25, 0.3) is 0 Å². The zero-order valence-corrected chi connectivity index (χ0v) is 13.7. The minimum atomic E-state index is -0.191. The van der Waals surface area contributed by atoms with Crippen LogP contribution in [0.5, 0.6) is 0 Å². The van der Waals surface area contributed by atoms with Crippen LogP contribution in [0.15, 0.2) is 24.3 Å². The van der Waals surface area contributed by atoms with Gasteiger partial charge >= 0.3 is 6.03 Å². The molecule has 3 N–H and O–H groups in total. The molecule has 2 atom stereocenters. The normalized spacial score (nSPS) is 14.4. The molecule has 0 fully saturated rings. The molecule has 21 heavy (non-hydrogen) atoms. The lowest BCUT2D eigenvalue weighted by Gasteiger charge is -2.27. The number of aryl methyl sites for hydroxylation is 1. The molecule has 0 heterocycles. The molecule has 2 amide bonds. The maximum atomic E-state index is 11.9. The Bertz CT molecular complexity index is 472. The van der Waals surface area contributed by atoms with Gasteiger partial charge in [0.2, 0.25) is 0 Å². The average molecular weight is 292 g/mol. The minimum Gasteiger partial charge on any atom is -0.396 e. The summed E-state index contributed by atoms with van der Waals surface area (Å²) in [5.74, 6) is 0.0422. The monoisotopic (exact) mass is 292 g/mol. The fourth-order valence-corrected chi connectivity index (χ4v) is 2.03. The molecule has 0 bridgehead atoms. The molecule has 0 saturated heterocycles. The lowest BCUT2D eigenvalue weighted by molar-refractivity contribution is 0.199. The molecular weight excluding hydrogens is 264 g/mol. The highest BCUT2D eigenvalue weighted by molar-refractivity contribution is 5.74. The number of urea groups is 1. The van der Waals surface area contributed by atoms with Crippen molar-refractivity contribution in [3.05, 3.63) is 35.4 Å². The summed E-state index contributed by atoms with van der Waals surface area (Å²) in [4.78, 5) is 11.9. The number of benzene rings is 1.